The van der Waals surface area contributed by atoms with Crippen LogP contribution in [0.1, 0.15) is 44.9 Å². The predicted molar refractivity (Wildman–Crippen MR) is 81.3 cm³/mol. The van der Waals surface area contributed by atoms with Gasteiger partial charge in [0.15, 0.2) is 9.84 Å². The molecule has 0 aliphatic carbocycles. The first-order valence-corrected chi connectivity index (χ1v) is 8.50. The van der Waals surface area contributed by atoms with Crippen LogP contribution >= 0.6 is 0 Å². The van der Waals surface area contributed by atoms with Crippen LogP contribution in [0.2, 0.25) is 0 Å². The number of benzene rings is 1. The van der Waals surface area contributed by atoms with E-state index in [1.54, 1.807) is 14.0 Å². The Hall–Kier alpha value is -0.870. The fourth-order valence-corrected chi connectivity index (χ4v) is 3.04. The Labute approximate surface area is 117 Å². The molecule has 0 aliphatic heterocycles. The van der Waals surface area contributed by atoms with E-state index in [1.807, 2.05) is 12.1 Å². The third-order valence-corrected chi connectivity index (χ3v) is 5.11. The van der Waals surface area contributed by atoms with E-state index in [1.165, 1.54) is 5.56 Å². The maximum Gasteiger partial charge on any atom is 0.151 e. The first-order chi connectivity index (χ1) is 8.69. The summed E-state index contributed by atoms with van der Waals surface area (Å²) >= 11 is 0. The molecule has 3 nitrogen and oxygen atoms in total. The summed E-state index contributed by atoms with van der Waals surface area (Å²) in [6, 6.07) is 8.06. The molecule has 1 N–H and O–H groups in total. The number of hydrogen-bond acceptors (Lipinski definition) is 3. The van der Waals surface area contributed by atoms with Crippen LogP contribution in [0, 0.1) is 0 Å². The molecule has 1 aromatic carbocycles. The molecule has 0 fully saturated rings. The van der Waals surface area contributed by atoms with E-state index >= 15 is 0 Å². The number of hydrogen-bond donors (Lipinski definition) is 1. The van der Waals surface area contributed by atoms with Gasteiger partial charge in [-0.15, -0.1) is 0 Å². The zero-order valence-electron chi connectivity index (χ0n) is 12.5. The highest BCUT2D eigenvalue weighted by atomic mass is 32.2. The summed E-state index contributed by atoms with van der Waals surface area (Å²) in [6.45, 7) is 8.18. The standard InChI is InChI=1S/C15H25NO2S/c1-6-19(17,18)11-14(16-5)12-7-9-13(10-8-12)15(2,3)4/h7-10,14,16H,6,11H2,1-5H3. The monoisotopic (exact) mass is 283 g/mol. The van der Waals surface area contributed by atoms with E-state index in [2.05, 4.69) is 38.2 Å². The molecule has 1 rings (SSSR count). The Morgan fingerprint density at radius 3 is 2.05 bits per heavy atom. The lowest BCUT2D eigenvalue weighted by Gasteiger charge is -2.21. The predicted octanol–water partition coefficient (Wildman–Crippen LogP) is 2.68. The van der Waals surface area contributed by atoms with Gasteiger partial charge in [0.1, 0.15) is 0 Å². The Morgan fingerprint density at radius 2 is 1.68 bits per heavy atom. The molecule has 0 heterocycles. The van der Waals surface area contributed by atoms with Crippen LogP contribution in [-0.2, 0) is 15.3 Å². The minimum atomic E-state index is -2.98. The second kappa shape index (κ2) is 6.06. The first kappa shape index (κ1) is 16.2. The van der Waals surface area contributed by atoms with Gasteiger partial charge in [-0.2, -0.15) is 0 Å². The highest BCUT2D eigenvalue weighted by Gasteiger charge is 2.19. The fraction of sp³-hybridized carbons (Fsp3) is 0.600. The van der Waals surface area contributed by atoms with E-state index in [4.69, 9.17) is 0 Å². The second-order valence-electron chi connectivity index (χ2n) is 5.91. The van der Waals surface area contributed by atoms with Gasteiger partial charge in [-0.05, 0) is 23.6 Å². The van der Waals surface area contributed by atoms with Gasteiger partial charge < -0.3 is 5.32 Å². The minimum Gasteiger partial charge on any atom is -0.312 e. The minimum absolute atomic E-state index is 0.114. The van der Waals surface area contributed by atoms with Gasteiger partial charge in [-0.1, -0.05) is 52.0 Å². The molecule has 19 heavy (non-hydrogen) atoms. The van der Waals surface area contributed by atoms with Gasteiger partial charge in [0.25, 0.3) is 0 Å². The van der Waals surface area contributed by atoms with Crippen molar-refractivity contribution in [2.24, 2.45) is 0 Å². The average Bonchev–Trinajstić information content (AvgIpc) is 2.35. The van der Waals surface area contributed by atoms with Gasteiger partial charge in [-0.25, -0.2) is 8.42 Å². The van der Waals surface area contributed by atoms with Crippen LogP contribution in [0.3, 0.4) is 0 Å². The van der Waals surface area contributed by atoms with Crippen LogP contribution in [0.25, 0.3) is 0 Å². The van der Waals surface area contributed by atoms with E-state index in [0.29, 0.717) is 0 Å². The fourth-order valence-electron chi connectivity index (χ4n) is 1.93. The molecular formula is C15H25NO2S. The lowest BCUT2D eigenvalue weighted by Crippen LogP contribution is -2.26. The number of nitrogens with one attached hydrogen (secondary N) is 1. The molecule has 0 aromatic heterocycles. The zero-order chi connectivity index (χ0) is 14.7. The van der Waals surface area contributed by atoms with Crippen molar-refractivity contribution in [1.29, 1.82) is 0 Å². The van der Waals surface area contributed by atoms with E-state index in [-0.39, 0.29) is 23.0 Å². The SMILES string of the molecule is CCS(=O)(=O)CC(NC)c1ccc(C(C)(C)C)cc1. The maximum absolute atomic E-state index is 11.7. The smallest absolute Gasteiger partial charge is 0.151 e. The zero-order valence-corrected chi connectivity index (χ0v) is 13.3. The van der Waals surface area contributed by atoms with E-state index in [0.717, 1.165) is 5.56 Å². The van der Waals surface area contributed by atoms with E-state index in [9.17, 15) is 8.42 Å². The summed E-state index contributed by atoms with van der Waals surface area (Å²) in [5.74, 6) is 0.333. The lowest BCUT2D eigenvalue weighted by molar-refractivity contribution is 0.573. The molecule has 1 unspecified atom stereocenters. The number of rotatable bonds is 5. The average molecular weight is 283 g/mol. The van der Waals surface area contributed by atoms with Crippen molar-refractivity contribution in [3.05, 3.63) is 35.4 Å². The molecule has 108 valence electrons. The molecule has 4 heteroatoms. The highest BCUT2D eigenvalue weighted by Crippen LogP contribution is 2.24. The molecular weight excluding hydrogens is 258 g/mol. The van der Waals surface area contributed by atoms with Crippen molar-refractivity contribution in [3.63, 3.8) is 0 Å². The quantitative estimate of drug-likeness (QED) is 0.903. The second-order valence-corrected chi connectivity index (χ2v) is 8.31. The van der Waals surface area contributed by atoms with Crippen molar-refractivity contribution in [1.82, 2.24) is 5.32 Å². The lowest BCUT2D eigenvalue weighted by atomic mass is 9.86. The van der Waals surface area contributed by atoms with Gasteiger partial charge in [0.2, 0.25) is 0 Å². The molecule has 0 saturated carbocycles. The molecule has 0 amide bonds. The van der Waals surface area contributed by atoms with Gasteiger partial charge in [-0.3, -0.25) is 0 Å². The van der Waals surface area contributed by atoms with Crippen molar-refractivity contribution >= 4 is 9.84 Å². The third-order valence-electron chi connectivity index (χ3n) is 3.39. The number of sulfone groups is 1. The van der Waals surface area contributed by atoms with Crippen molar-refractivity contribution in [3.8, 4) is 0 Å². The maximum atomic E-state index is 11.7. The van der Waals surface area contributed by atoms with Crippen LogP contribution in [0.4, 0.5) is 0 Å². The summed E-state index contributed by atoms with van der Waals surface area (Å²) in [7, 11) is -1.18. The summed E-state index contributed by atoms with van der Waals surface area (Å²) in [6.07, 6.45) is 0. The Kier molecular flexibility index (Phi) is 5.16. The normalized spacial score (nSPS) is 14.4. The summed E-state index contributed by atoms with van der Waals surface area (Å²) in [5, 5.41) is 3.09. The molecule has 0 aliphatic rings. The molecule has 0 bridgehead atoms. The summed E-state index contributed by atoms with van der Waals surface area (Å²) in [5.41, 5.74) is 2.39. The molecule has 0 spiro atoms. The molecule has 1 aromatic rings. The van der Waals surface area contributed by atoms with Crippen molar-refractivity contribution in [2.45, 2.75) is 39.2 Å². The van der Waals surface area contributed by atoms with Gasteiger partial charge in [0, 0.05) is 11.8 Å². The molecule has 0 saturated heterocycles. The topological polar surface area (TPSA) is 46.2 Å². The van der Waals surface area contributed by atoms with Crippen LogP contribution in [-0.4, -0.2) is 27.0 Å². The summed E-state index contributed by atoms with van der Waals surface area (Å²) < 4.78 is 23.5. The Morgan fingerprint density at radius 1 is 1.16 bits per heavy atom. The van der Waals surface area contributed by atoms with Crippen LogP contribution in [0.15, 0.2) is 24.3 Å². The third kappa shape index (κ3) is 4.62. The first-order valence-electron chi connectivity index (χ1n) is 6.67. The molecule has 0 radical (unpaired) electrons. The Bertz CT molecular complexity index is 498. The molecule has 1 atom stereocenters. The van der Waals surface area contributed by atoms with Crippen LogP contribution < -0.4 is 5.32 Å². The van der Waals surface area contributed by atoms with Crippen molar-refractivity contribution in [2.75, 3.05) is 18.6 Å². The van der Waals surface area contributed by atoms with Crippen LogP contribution in [0.5, 0.6) is 0 Å². The van der Waals surface area contributed by atoms with E-state index < -0.39 is 9.84 Å². The Balaban J connectivity index is 2.95. The van der Waals surface area contributed by atoms with Gasteiger partial charge >= 0.3 is 0 Å². The largest absolute Gasteiger partial charge is 0.312 e. The van der Waals surface area contributed by atoms with Crippen molar-refractivity contribution < 1.29 is 8.42 Å². The van der Waals surface area contributed by atoms with Gasteiger partial charge in [0.05, 0.1) is 5.75 Å². The summed E-state index contributed by atoms with van der Waals surface area (Å²) in [4.78, 5) is 0. The highest BCUT2D eigenvalue weighted by molar-refractivity contribution is 7.91.